The topological polar surface area (TPSA) is 89.5 Å². The van der Waals surface area contributed by atoms with Crippen molar-refractivity contribution in [3.63, 3.8) is 0 Å². The molecule has 1 fully saturated rings. The fraction of sp³-hybridized carbons (Fsp3) is 0.333. The highest BCUT2D eigenvalue weighted by atomic mass is 19.1. The van der Waals surface area contributed by atoms with Crippen LogP contribution in [0.25, 0.3) is 11.0 Å². The van der Waals surface area contributed by atoms with Crippen molar-refractivity contribution in [3.05, 3.63) is 38.4 Å². The second-order valence-corrected chi connectivity index (χ2v) is 4.55. The van der Waals surface area contributed by atoms with E-state index >= 15 is 0 Å². The molecule has 1 saturated heterocycles. The first-order valence-corrected chi connectivity index (χ1v) is 6.10. The van der Waals surface area contributed by atoms with E-state index in [-0.39, 0.29) is 17.0 Å². The third kappa shape index (κ3) is 1.98. The molecule has 0 spiro atoms. The van der Waals surface area contributed by atoms with Crippen molar-refractivity contribution < 1.29 is 13.7 Å². The number of hydrogen-bond acceptors (Lipinski definition) is 6. The van der Waals surface area contributed by atoms with Gasteiger partial charge in [0.15, 0.2) is 0 Å². The van der Waals surface area contributed by atoms with E-state index in [4.69, 9.17) is 4.42 Å². The number of non-ortho nitro benzene ring substituents is 1. The number of anilines is 1. The monoisotopic (exact) mass is 279 g/mol. The lowest BCUT2D eigenvalue weighted by Crippen LogP contribution is -2.22. The molecule has 104 valence electrons. The Morgan fingerprint density at radius 1 is 1.35 bits per heavy atom. The van der Waals surface area contributed by atoms with Crippen molar-refractivity contribution in [1.82, 2.24) is 4.98 Å². The number of aromatic nitrogens is 1. The van der Waals surface area contributed by atoms with Crippen LogP contribution in [0.5, 0.6) is 0 Å². The van der Waals surface area contributed by atoms with E-state index in [1.54, 1.807) is 4.90 Å². The highest BCUT2D eigenvalue weighted by Gasteiger charge is 2.23. The maximum Gasteiger partial charge on any atom is 0.315 e. The van der Waals surface area contributed by atoms with E-state index in [2.05, 4.69) is 4.98 Å². The van der Waals surface area contributed by atoms with Crippen molar-refractivity contribution in [2.45, 2.75) is 12.8 Å². The number of hydrogen-bond donors (Lipinski definition) is 0. The summed E-state index contributed by atoms with van der Waals surface area (Å²) in [7, 11) is 0. The molecule has 2 aromatic rings. The van der Waals surface area contributed by atoms with Gasteiger partial charge in [-0.25, -0.2) is 4.39 Å². The molecule has 8 heteroatoms. The molecule has 1 aromatic heterocycles. The first kappa shape index (κ1) is 12.5. The molecule has 0 aliphatic carbocycles. The molecule has 0 unspecified atom stereocenters. The van der Waals surface area contributed by atoms with Crippen molar-refractivity contribution in [3.8, 4) is 0 Å². The third-order valence-electron chi connectivity index (χ3n) is 3.23. The highest BCUT2D eigenvalue weighted by molar-refractivity contribution is 5.85. The van der Waals surface area contributed by atoms with Crippen LogP contribution in [0.2, 0.25) is 0 Å². The summed E-state index contributed by atoms with van der Waals surface area (Å²) in [6, 6.07) is 1.68. The van der Waals surface area contributed by atoms with Gasteiger partial charge in [-0.1, -0.05) is 0 Å². The number of nitro groups is 1. The zero-order valence-corrected chi connectivity index (χ0v) is 10.3. The maximum absolute atomic E-state index is 13.3. The predicted molar refractivity (Wildman–Crippen MR) is 68.3 cm³/mol. The van der Waals surface area contributed by atoms with Gasteiger partial charge in [0.05, 0.1) is 16.4 Å². The summed E-state index contributed by atoms with van der Waals surface area (Å²) in [5.74, 6) is -0.868. The molecule has 0 saturated carbocycles. The van der Waals surface area contributed by atoms with Crippen LogP contribution in [0, 0.1) is 15.9 Å². The minimum Gasteiger partial charge on any atom is -0.417 e. The summed E-state index contributed by atoms with van der Waals surface area (Å²) in [6.07, 6.45) is 1.88. The van der Waals surface area contributed by atoms with E-state index in [9.17, 15) is 19.3 Å². The van der Waals surface area contributed by atoms with Crippen LogP contribution < -0.4 is 10.5 Å². The lowest BCUT2D eigenvalue weighted by molar-refractivity contribution is -0.383. The molecule has 0 amide bonds. The number of benzene rings is 1. The fourth-order valence-corrected chi connectivity index (χ4v) is 2.29. The quantitative estimate of drug-likeness (QED) is 0.615. The molecule has 2 heterocycles. The number of nitro benzene ring substituents is 1. The van der Waals surface area contributed by atoms with E-state index < -0.39 is 22.0 Å². The Hall–Kier alpha value is -2.51. The number of nitrogens with zero attached hydrogens (tertiary/aromatic N) is 3. The normalized spacial score (nSPS) is 14.9. The Kier molecular flexibility index (Phi) is 2.85. The van der Waals surface area contributed by atoms with Crippen molar-refractivity contribution >= 4 is 22.7 Å². The summed E-state index contributed by atoms with van der Waals surface area (Å²) in [5.41, 5.74) is -1.53. The smallest absolute Gasteiger partial charge is 0.315 e. The molecule has 1 aliphatic heterocycles. The molecular formula is C12H10FN3O4. The zero-order valence-electron chi connectivity index (χ0n) is 10.3. The molecule has 0 bridgehead atoms. The van der Waals surface area contributed by atoms with Gasteiger partial charge in [0.1, 0.15) is 5.82 Å². The van der Waals surface area contributed by atoms with Crippen LogP contribution in [0.3, 0.4) is 0 Å². The number of fused-ring (bicyclic) bond motifs is 1. The minimum atomic E-state index is -0.868. The van der Waals surface area contributed by atoms with Gasteiger partial charge in [0.25, 0.3) is 5.56 Å². The molecular weight excluding hydrogens is 269 g/mol. The average Bonchev–Trinajstić information content (AvgIpc) is 2.92. The number of halogens is 1. The zero-order chi connectivity index (χ0) is 14.3. The van der Waals surface area contributed by atoms with Gasteiger partial charge in [-0.3, -0.25) is 14.9 Å². The fourth-order valence-electron chi connectivity index (χ4n) is 2.29. The Labute approximate surface area is 111 Å². The largest absolute Gasteiger partial charge is 0.417 e. The third-order valence-corrected chi connectivity index (χ3v) is 3.23. The van der Waals surface area contributed by atoms with E-state index in [1.807, 2.05) is 0 Å². The first-order valence-electron chi connectivity index (χ1n) is 6.10. The summed E-state index contributed by atoms with van der Waals surface area (Å²) < 4.78 is 18.7. The summed E-state index contributed by atoms with van der Waals surface area (Å²) in [5, 5.41) is 10.7. The summed E-state index contributed by atoms with van der Waals surface area (Å²) in [6.45, 7) is 1.35. The van der Waals surface area contributed by atoms with Crippen LogP contribution in [0.4, 0.5) is 16.1 Å². The van der Waals surface area contributed by atoms with Crippen molar-refractivity contribution in [2.24, 2.45) is 0 Å². The number of rotatable bonds is 2. The van der Waals surface area contributed by atoms with Crippen molar-refractivity contribution in [1.29, 1.82) is 0 Å². The Bertz CT molecular complexity index is 752. The van der Waals surface area contributed by atoms with Gasteiger partial charge >= 0.3 is 11.7 Å². The minimum absolute atomic E-state index is 0.0507. The van der Waals surface area contributed by atoms with E-state index in [0.717, 1.165) is 25.0 Å². The van der Waals surface area contributed by atoms with Gasteiger partial charge in [-0.15, -0.1) is 0 Å². The SMILES string of the molecule is O=c1nc(N2CCCC2)oc2c([N+](=O)[O-])cc(F)cc12. The van der Waals surface area contributed by atoms with Gasteiger partial charge in [0, 0.05) is 13.1 Å². The molecule has 1 aliphatic rings. The van der Waals surface area contributed by atoms with Gasteiger partial charge in [-0.05, 0) is 18.9 Å². The molecule has 7 nitrogen and oxygen atoms in total. The highest BCUT2D eigenvalue weighted by Crippen LogP contribution is 2.28. The van der Waals surface area contributed by atoms with Gasteiger partial charge in [-0.2, -0.15) is 4.98 Å². The van der Waals surface area contributed by atoms with Gasteiger partial charge in [0.2, 0.25) is 5.58 Å². The first-order chi connectivity index (χ1) is 9.56. The Morgan fingerprint density at radius 3 is 2.70 bits per heavy atom. The average molecular weight is 279 g/mol. The standard InChI is InChI=1S/C12H10FN3O4/c13-7-5-8-10(9(6-7)16(18)19)20-12(14-11(8)17)15-3-1-2-4-15/h5-6H,1-4H2. The van der Waals surface area contributed by atoms with Crippen LogP contribution in [0.15, 0.2) is 21.3 Å². The Balaban J connectivity index is 2.28. The summed E-state index contributed by atoms with van der Waals surface area (Å²) >= 11 is 0. The van der Waals surface area contributed by atoms with Crippen LogP contribution in [-0.2, 0) is 0 Å². The summed E-state index contributed by atoms with van der Waals surface area (Å²) in [4.78, 5) is 27.6. The van der Waals surface area contributed by atoms with Crippen LogP contribution in [-0.4, -0.2) is 23.0 Å². The van der Waals surface area contributed by atoms with Crippen LogP contribution in [0.1, 0.15) is 12.8 Å². The lowest BCUT2D eigenvalue weighted by Gasteiger charge is -2.13. The van der Waals surface area contributed by atoms with E-state index in [1.165, 1.54) is 0 Å². The molecule has 0 N–H and O–H groups in total. The second kappa shape index (κ2) is 4.55. The molecule has 0 radical (unpaired) electrons. The van der Waals surface area contributed by atoms with Crippen LogP contribution >= 0.6 is 0 Å². The molecule has 3 rings (SSSR count). The predicted octanol–water partition coefficient (Wildman–Crippen LogP) is 1.84. The van der Waals surface area contributed by atoms with E-state index in [0.29, 0.717) is 13.1 Å². The lowest BCUT2D eigenvalue weighted by atomic mass is 10.2. The molecule has 0 atom stereocenters. The maximum atomic E-state index is 13.3. The second-order valence-electron chi connectivity index (χ2n) is 4.55. The van der Waals surface area contributed by atoms with Crippen molar-refractivity contribution in [2.75, 3.05) is 18.0 Å². The molecule has 20 heavy (non-hydrogen) atoms. The van der Waals surface area contributed by atoms with Gasteiger partial charge < -0.3 is 9.32 Å². The molecule has 1 aromatic carbocycles. The Morgan fingerprint density at radius 2 is 2.05 bits per heavy atom.